The van der Waals surface area contributed by atoms with Crippen LogP contribution in [0.2, 0.25) is 0 Å². The van der Waals surface area contributed by atoms with Crippen molar-refractivity contribution in [2.75, 3.05) is 54.5 Å². The van der Waals surface area contributed by atoms with E-state index in [0.29, 0.717) is 30.4 Å². The molecular weight excluding hydrogens is 496 g/mol. The molecular formula is C26H32N4O8. The fourth-order valence-electron chi connectivity index (χ4n) is 5.52. The van der Waals surface area contributed by atoms with Crippen LogP contribution in [0.1, 0.15) is 28.7 Å². The van der Waals surface area contributed by atoms with E-state index in [1.807, 2.05) is 19.2 Å². The lowest BCUT2D eigenvalue weighted by atomic mass is 9.65. The topological polar surface area (TPSA) is 149 Å². The molecule has 5 N–H and O–H groups in total. The maximum atomic E-state index is 13.2. The molecule has 204 valence electrons. The Morgan fingerprint density at radius 3 is 2.34 bits per heavy atom. The predicted molar refractivity (Wildman–Crippen MR) is 134 cm³/mol. The van der Waals surface area contributed by atoms with Crippen LogP contribution in [-0.2, 0) is 14.3 Å². The van der Waals surface area contributed by atoms with E-state index in [9.17, 15) is 14.7 Å². The Balaban J connectivity index is 1.55. The summed E-state index contributed by atoms with van der Waals surface area (Å²) in [7, 11) is 4.72. The number of amides is 1. The van der Waals surface area contributed by atoms with E-state index in [1.54, 1.807) is 12.1 Å². The molecule has 0 spiro atoms. The second-order valence-electron chi connectivity index (χ2n) is 9.33. The van der Waals surface area contributed by atoms with Crippen molar-refractivity contribution in [1.82, 2.24) is 21.3 Å². The third kappa shape index (κ3) is 4.66. The van der Waals surface area contributed by atoms with Crippen LogP contribution in [0.5, 0.6) is 28.7 Å². The molecule has 38 heavy (non-hydrogen) atoms. The van der Waals surface area contributed by atoms with Gasteiger partial charge in [0.05, 0.1) is 39.3 Å². The van der Waals surface area contributed by atoms with Crippen molar-refractivity contribution in [2.45, 2.75) is 12.0 Å². The summed E-state index contributed by atoms with van der Waals surface area (Å²) in [4.78, 5) is 26.1. The molecule has 2 aliphatic heterocycles. The predicted octanol–water partition coefficient (Wildman–Crippen LogP) is 0.544. The van der Waals surface area contributed by atoms with E-state index in [2.05, 4.69) is 21.3 Å². The molecule has 2 heterocycles. The van der Waals surface area contributed by atoms with E-state index < -0.39 is 17.9 Å². The Morgan fingerprint density at radius 1 is 1.00 bits per heavy atom. The SMILES string of the molecule is CNCNCNCC(=O)N[C@@H]1c2cc3c(cc2C(c2cc(OC)c(O)c(OC)c2)C2C(=O)OC[C@@H]21)OCO3. The van der Waals surface area contributed by atoms with Gasteiger partial charge < -0.3 is 39.4 Å². The summed E-state index contributed by atoms with van der Waals surface area (Å²) in [5.74, 6) is -0.546. The highest BCUT2D eigenvalue weighted by atomic mass is 16.7. The van der Waals surface area contributed by atoms with Crippen LogP contribution in [0.4, 0.5) is 0 Å². The molecule has 3 aliphatic rings. The van der Waals surface area contributed by atoms with Gasteiger partial charge in [-0.2, -0.15) is 0 Å². The fraction of sp³-hybridized carbons (Fsp3) is 0.462. The lowest BCUT2D eigenvalue weighted by molar-refractivity contribution is -0.141. The van der Waals surface area contributed by atoms with Gasteiger partial charge in [0.15, 0.2) is 23.0 Å². The number of fused-ring (bicyclic) bond motifs is 3. The minimum atomic E-state index is -0.600. The largest absolute Gasteiger partial charge is 0.502 e. The van der Waals surface area contributed by atoms with Gasteiger partial charge in [-0.15, -0.1) is 0 Å². The van der Waals surface area contributed by atoms with Crippen LogP contribution in [-0.4, -0.2) is 71.5 Å². The van der Waals surface area contributed by atoms with Crippen LogP contribution in [0, 0.1) is 11.8 Å². The van der Waals surface area contributed by atoms with E-state index in [0.717, 1.165) is 11.1 Å². The molecule has 2 aromatic carbocycles. The first kappa shape index (κ1) is 25.9. The number of hydrogen-bond acceptors (Lipinski definition) is 11. The maximum absolute atomic E-state index is 13.2. The minimum absolute atomic E-state index is 0.0825. The molecule has 5 rings (SSSR count). The van der Waals surface area contributed by atoms with Crippen molar-refractivity contribution in [3.8, 4) is 28.7 Å². The molecule has 2 aromatic rings. The van der Waals surface area contributed by atoms with Gasteiger partial charge in [0.25, 0.3) is 0 Å². The monoisotopic (exact) mass is 528 g/mol. The third-order valence-electron chi connectivity index (χ3n) is 7.20. The van der Waals surface area contributed by atoms with Crippen molar-refractivity contribution in [2.24, 2.45) is 11.8 Å². The number of cyclic esters (lactones) is 1. The summed E-state index contributed by atoms with van der Waals surface area (Å²) in [5, 5.41) is 22.7. The highest BCUT2D eigenvalue weighted by Crippen LogP contribution is 2.55. The molecule has 12 heteroatoms. The number of esters is 1. The number of rotatable bonds is 10. The Kier molecular flexibility index (Phi) is 7.45. The number of phenols is 1. The molecule has 0 saturated carbocycles. The van der Waals surface area contributed by atoms with Gasteiger partial charge in [0, 0.05) is 25.2 Å². The summed E-state index contributed by atoms with van der Waals surface area (Å²) in [6.07, 6.45) is 0. The molecule has 0 radical (unpaired) electrons. The number of nitrogens with one attached hydrogen (secondary N) is 4. The summed E-state index contributed by atoms with van der Waals surface area (Å²) in [6, 6.07) is 6.62. The van der Waals surface area contributed by atoms with Gasteiger partial charge in [-0.05, 0) is 48.0 Å². The van der Waals surface area contributed by atoms with Crippen LogP contribution >= 0.6 is 0 Å². The summed E-state index contributed by atoms with van der Waals surface area (Å²) >= 11 is 0. The first-order chi connectivity index (χ1) is 18.5. The molecule has 1 aliphatic carbocycles. The Bertz CT molecular complexity index is 1200. The zero-order chi connectivity index (χ0) is 26.8. The zero-order valence-corrected chi connectivity index (χ0v) is 21.5. The lowest BCUT2D eigenvalue weighted by Gasteiger charge is -2.39. The van der Waals surface area contributed by atoms with Crippen molar-refractivity contribution in [1.29, 1.82) is 0 Å². The van der Waals surface area contributed by atoms with Crippen LogP contribution in [0.3, 0.4) is 0 Å². The first-order valence-corrected chi connectivity index (χ1v) is 12.4. The normalized spacial score (nSPS) is 22.9. The summed E-state index contributed by atoms with van der Waals surface area (Å²) in [5.41, 5.74) is 2.30. The van der Waals surface area contributed by atoms with Crippen LogP contribution in [0.25, 0.3) is 0 Å². The molecule has 1 fully saturated rings. The highest BCUT2D eigenvalue weighted by Gasteiger charge is 2.53. The van der Waals surface area contributed by atoms with Gasteiger partial charge in [0.2, 0.25) is 18.4 Å². The highest BCUT2D eigenvalue weighted by molar-refractivity contribution is 5.81. The van der Waals surface area contributed by atoms with Crippen LogP contribution < -0.4 is 40.2 Å². The number of benzene rings is 2. The van der Waals surface area contributed by atoms with E-state index in [4.69, 9.17) is 23.7 Å². The molecule has 4 atom stereocenters. The van der Waals surface area contributed by atoms with Gasteiger partial charge in [-0.1, -0.05) is 0 Å². The lowest BCUT2D eigenvalue weighted by Crippen LogP contribution is -2.46. The average molecular weight is 529 g/mol. The number of carbonyl (C=O) groups is 2. The smallest absolute Gasteiger partial charge is 0.310 e. The third-order valence-corrected chi connectivity index (χ3v) is 7.20. The van der Waals surface area contributed by atoms with Crippen molar-refractivity contribution in [3.05, 3.63) is 41.0 Å². The molecule has 0 bridgehead atoms. The van der Waals surface area contributed by atoms with Crippen LogP contribution in [0.15, 0.2) is 24.3 Å². The van der Waals surface area contributed by atoms with Crippen molar-refractivity contribution < 1.29 is 38.4 Å². The Labute approximate surface area is 219 Å². The minimum Gasteiger partial charge on any atom is -0.502 e. The first-order valence-electron chi connectivity index (χ1n) is 12.4. The summed E-state index contributed by atoms with van der Waals surface area (Å²) < 4.78 is 27.7. The van der Waals surface area contributed by atoms with Crippen molar-refractivity contribution >= 4 is 11.9 Å². The van der Waals surface area contributed by atoms with Gasteiger partial charge >= 0.3 is 5.97 Å². The quantitative estimate of drug-likeness (QED) is 0.167. The number of aromatic hydroxyl groups is 1. The molecule has 12 nitrogen and oxygen atoms in total. The molecule has 2 unspecified atom stereocenters. The van der Waals surface area contributed by atoms with Gasteiger partial charge in [-0.3, -0.25) is 20.2 Å². The standard InChI is InChI=1S/C26H32N4O8/c1-27-10-29-11-28-8-21(31)30-24-15-7-18-17(37-12-38-18)6-14(15)22(23-16(24)9-36-26(23)33)13-4-19(34-2)25(32)20(5-13)35-3/h4-7,16,22-24,27-29,32H,8-12H2,1-3H3,(H,30,31)/t16-,22?,23?,24+/m0/s1. The van der Waals surface area contributed by atoms with Gasteiger partial charge in [-0.25, -0.2) is 0 Å². The zero-order valence-electron chi connectivity index (χ0n) is 21.5. The second-order valence-corrected chi connectivity index (χ2v) is 9.33. The Hall–Kier alpha value is -3.74. The molecule has 1 amide bonds. The molecule has 0 aromatic heterocycles. The Morgan fingerprint density at radius 2 is 1.68 bits per heavy atom. The average Bonchev–Trinajstić information content (AvgIpc) is 3.54. The number of methoxy groups -OCH3 is 2. The molecule has 1 saturated heterocycles. The summed E-state index contributed by atoms with van der Waals surface area (Å²) in [6.45, 7) is 1.39. The van der Waals surface area contributed by atoms with E-state index in [-0.39, 0.29) is 55.0 Å². The van der Waals surface area contributed by atoms with Gasteiger partial charge in [0.1, 0.15) is 0 Å². The maximum Gasteiger partial charge on any atom is 0.310 e. The van der Waals surface area contributed by atoms with E-state index >= 15 is 0 Å². The number of ether oxygens (including phenoxy) is 5. The number of phenolic OH excluding ortho intramolecular Hbond substituents is 1. The number of hydrogen-bond donors (Lipinski definition) is 5. The van der Waals surface area contributed by atoms with Crippen molar-refractivity contribution in [3.63, 3.8) is 0 Å². The number of carbonyl (C=O) groups excluding carboxylic acids is 2. The van der Waals surface area contributed by atoms with E-state index in [1.165, 1.54) is 14.2 Å². The second kappa shape index (κ2) is 10.9. The fourth-order valence-corrected chi connectivity index (χ4v) is 5.52.